The molecule has 1 fully saturated rings. The second kappa shape index (κ2) is 6.98. The maximum absolute atomic E-state index is 12.0. The fourth-order valence-electron chi connectivity index (χ4n) is 1.83. The highest BCUT2D eigenvalue weighted by Gasteiger charge is 2.29. The summed E-state index contributed by atoms with van der Waals surface area (Å²) in [5.41, 5.74) is 0. The van der Waals surface area contributed by atoms with E-state index in [1.165, 1.54) is 11.0 Å². The van der Waals surface area contributed by atoms with Gasteiger partial charge in [0, 0.05) is 12.6 Å². The van der Waals surface area contributed by atoms with Gasteiger partial charge in [-0.3, -0.25) is 4.79 Å². The van der Waals surface area contributed by atoms with Crippen molar-refractivity contribution in [3.8, 4) is 5.75 Å². The molecule has 1 amide bonds. The first-order chi connectivity index (χ1) is 9.97. The minimum absolute atomic E-state index is 0.0128. The van der Waals surface area contributed by atoms with E-state index in [4.69, 9.17) is 37.8 Å². The Kier molecular flexibility index (Phi) is 5.27. The summed E-state index contributed by atoms with van der Waals surface area (Å²) < 4.78 is 10.4. The van der Waals surface area contributed by atoms with Crippen molar-refractivity contribution >= 4 is 35.1 Å². The van der Waals surface area contributed by atoms with Crippen molar-refractivity contribution in [2.75, 3.05) is 26.3 Å². The van der Waals surface area contributed by atoms with E-state index in [0.717, 1.165) is 0 Å². The van der Waals surface area contributed by atoms with Crippen LogP contribution in [0.15, 0.2) is 18.2 Å². The quantitative estimate of drug-likeness (QED) is 0.907. The first-order valence-electron chi connectivity index (χ1n) is 6.17. The molecule has 0 unspecified atom stereocenters. The van der Waals surface area contributed by atoms with Crippen LogP contribution in [0.1, 0.15) is 0 Å². The Morgan fingerprint density at radius 2 is 2.14 bits per heavy atom. The average Bonchev–Trinajstić information content (AvgIpc) is 2.48. The predicted octanol–water partition coefficient (Wildman–Crippen LogP) is 1.68. The van der Waals surface area contributed by atoms with Gasteiger partial charge in [-0.05, 0) is 12.1 Å². The molecule has 1 atom stereocenters. The van der Waals surface area contributed by atoms with E-state index in [-0.39, 0.29) is 25.7 Å². The zero-order chi connectivity index (χ0) is 15.4. The summed E-state index contributed by atoms with van der Waals surface area (Å²) >= 11 is 11.6. The lowest BCUT2D eigenvalue weighted by Crippen LogP contribution is -2.49. The molecule has 6 nitrogen and oxygen atoms in total. The molecule has 0 spiro atoms. The number of benzene rings is 1. The Morgan fingerprint density at radius 3 is 2.81 bits per heavy atom. The Bertz CT molecular complexity index is 551. The van der Waals surface area contributed by atoms with E-state index < -0.39 is 12.1 Å². The minimum Gasteiger partial charge on any atom is -0.484 e. The van der Waals surface area contributed by atoms with Crippen molar-refractivity contribution in [1.29, 1.82) is 0 Å². The monoisotopic (exact) mass is 333 g/mol. The molecule has 0 radical (unpaired) electrons. The fourth-order valence-corrected chi connectivity index (χ4v) is 2.12. The Balaban J connectivity index is 1.89. The van der Waals surface area contributed by atoms with Gasteiger partial charge >= 0.3 is 5.97 Å². The standard InChI is InChI=1S/C13H13Cl2NO5/c14-9-2-1-8(5-10(9)15)21-7-12(17)16-3-4-20-11(6-16)13(18)19/h1-2,5,11H,3-4,6-7H2,(H,18,19)/t11-/m0/s1. The molecule has 0 aromatic heterocycles. The molecular weight excluding hydrogens is 321 g/mol. The van der Waals surface area contributed by atoms with Crippen LogP contribution in [-0.4, -0.2) is 54.3 Å². The maximum atomic E-state index is 12.0. The Morgan fingerprint density at radius 1 is 1.38 bits per heavy atom. The number of carbonyl (C=O) groups excluding carboxylic acids is 1. The van der Waals surface area contributed by atoms with E-state index in [0.29, 0.717) is 22.3 Å². The molecule has 1 aliphatic rings. The molecule has 8 heteroatoms. The fraction of sp³-hybridized carbons (Fsp3) is 0.385. The number of ether oxygens (including phenoxy) is 2. The number of carboxylic acid groups (broad SMARTS) is 1. The molecular formula is C13H13Cl2NO5. The summed E-state index contributed by atoms with van der Waals surface area (Å²) in [7, 11) is 0. The molecule has 2 rings (SSSR count). The molecule has 1 aromatic carbocycles. The van der Waals surface area contributed by atoms with Crippen LogP contribution in [0.5, 0.6) is 5.75 Å². The van der Waals surface area contributed by atoms with Crippen molar-refractivity contribution < 1.29 is 24.2 Å². The maximum Gasteiger partial charge on any atom is 0.334 e. The van der Waals surface area contributed by atoms with Crippen molar-refractivity contribution in [2.45, 2.75) is 6.10 Å². The summed E-state index contributed by atoms with van der Waals surface area (Å²) in [6.45, 7) is 0.339. The lowest BCUT2D eigenvalue weighted by molar-refractivity contribution is -0.159. The molecule has 21 heavy (non-hydrogen) atoms. The molecule has 1 aromatic rings. The second-order valence-electron chi connectivity index (χ2n) is 4.40. The van der Waals surface area contributed by atoms with Crippen LogP contribution in [0.25, 0.3) is 0 Å². The van der Waals surface area contributed by atoms with Crippen LogP contribution < -0.4 is 4.74 Å². The summed E-state index contributed by atoms with van der Waals surface area (Å²) in [5, 5.41) is 9.61. The first kappa shape index (κ1) is 15.9. The topological polar surface area (TPSA) is 76.1 Å². The first-order valence-corrected chi connectivity index (χ1v) is 6.93. The highest BCUT2D eigenvalue weighted by molar-refractivity contribution is 6.42. The number of aliphatic carboxylic acids is 1. The van der Waals surface area contributed by atoms with Gasteiger partial charge in [0.2, 0.25) is 0 Å². The lowest BCUT2D eigenvalue weighted by atomic mass is 10.2. The Labute approximate surface area is 131 Å². The number of nitrogens with zero attached hydrogens (tertiary/aromatic N) is 1. The van der Waals surface area contributed by atoms with Crippen LogP contribution in [0, 0.1) is 0 Å². The third kappa shape index (κ3) is 4.23. The number of hydrogen-bond acceptors (Lipinski definition) is 4. The number of hydrogen-bond donors (Lipinski definition) is 1. The van der Waals surface area contributed by atoms with E-state index in [1.807, 2.05) is 0 Å². The van der Waals surface area contributed by atoms with Gasteiger partial charge in [-0.1, -0.05) is 23.2 Å². The number of rotatable bonds is 4. The molecule has 0 aliphatic carbocycles. The van der Waals surface area contributed by atoms with Crippen LogP contribution in [0.2, 0.25) is 10.0 Å². The van der Waals surface area contributed by atoms with E-state index in [9.17, 15) is 9.59 Å². The molecule has 1 heterocycles. The van der Waals surface area contributed by atoms with Crippen molar-refractivity contribution in [3.05, 3.63) is 28.2 Å². The number of amides is 1. The normalized spacial score (nSPS) is 18.4. The van der Waals surface area contributed by atoms with Crippen LogP contribution in [0.3, 0.4) is 0 Å². The van der Waals surface area contributed by atoms with E-state index in [1.54, 1.807) is 12.1 Å². The van der Waals surface area contributed by atoms with Crippen molar-refractivity contribution in [1.82, 2.24) is 4.90 Å². The molecule has 0 bridgehead atoms. The Hall–Kier alpha value is -1.50. The van der Waals surface area contributed by atoms with Gasteiger partial charge in [0.05, 0.1) is 23.2 Å². The number of carboxylic acids is 1. The third-order valence-electron chi connectivity index (χ3n) is 2.95. The van der Waals surface area contributed by atoms with Gasteiger partial charge in [-0.2, -0.15) is 0 Å². The zero-order valence-corrected chi connectivity index (χ0v) is 12.4. The molecule has 1 aliphatic heterocycles. The smallest absolute Gasteiger partial charge is 0.334 e. The summed E-state index contributed by atoms with van der Waals surface area (Å²) in [5.74, 6) is -0.977. The van der Waals surface area contributed by atoms with Gasteiger partial charge in [0.25, 0.3) is 5.91 Å². The van der Waals surface area contributed by atoms with Gasteiger partial charge < -0.3 is 19.5 Å². The number of morpholine rings is 1. The highest BCUT2D eigenvalue weighted by Crippen LogP contribution is 2.26. The zero-order valence-electron chi connectivity index (χ0n) is 10.9. The predicted molar refractivity (Wildman–Crippen MR) is 75.9 cm³/mol. The third-order valence-corrected chi connectivity index (χ3v) is 3.69. The highest BCUT2D eigenvalue weighted by atomic mass is 35.5. The van der Waals surface area contributed by atoms with Crippen LogP contribution in [0.4, 0.5) is 0 Å². The molecule has 1 N–H and O–H groups in total. The number of carbonyl (C=O) groups is 2. The second-order valence-corrected chi connectivity index (χ2v) is 5.22. The SMILES string of the molecule is O=C(O)[C@@H]1CN(C(=O)COc2ccc(Cl)c(Cl)c2)CCO1. The number of halogens is 2. The molecule has 114 valence electrons. The largest absolute Gasteiger partial charge is 0.484 e. The van der Waals surface area contributed by atoms with Crippen molar-refractivity contribution in [3.63, 3.8) is 0 Å². The molecule has 0 saturated carbocycles. The van der Waals surface area contributed by atoms with Crippen LogP contribution >= 0.6 is 23.2 Å². The van der Waals surface area contributed by atoms with Gasteiger partial charge in [-0.25, -0.2) is 4.79 Å². The van der Waals surface area contributed by atoms with E-state index in [2.05, 4.69) is 0 Å². The summed E-state index contributed by atoms with van der Waals surface area (Å²) in [6, 6.07) is 4.68. The van der Waals surface area contributed by atoms with E-state index >= 15 is 0 Å². The molecule has 1 saturated heterocycles. The summed E-state index contributed by atoms with van der Waals surface area (Å²) in [4.78, 5) is 24.2. The van der Waals surface area contributed by atoms with Gasteiger partial charge in [-0.15, -0.1) is 0 Å². The lowest BCUT2D eigenvalue weighted by Gasteiger charge is -2.30. The van der Waals surface area contributed by atoms with Crippen LogP contribution in [-0.2, 0) is 14.3 Å². The van der Waals surface area contributed by atoms with Gasteiger partial charge in [0.15, 0.2) is 12.7 Å². The van der Waals surface area contributed by atoms with Gasteiger partial charge in [0.1, 0.15) is 5.75 Å². The summed E-state index contributed by atoms with van der Waals surface area (Å²) in [6.07, 6.45) is -0.993. The minimum atomic E-state index is -1.09. The average molecular weight is 334 g/mol. The van der Waals surface area contributed by atoms with Crippen molar-refractivity contribution in [2.24, 2.45) is 0 Å².